The van der Waals surface area contributed by atoms with Crippen LogP contribution in [0.15, 0.2) is 17.5 Å². The molecule has 1 N–H and O–H groups in total. The van der Waals surface area contributed by atoms with E-state index >= 15 is 0 Å². The first-order valence-corrected chi connectivity index (χ1v) is 7.02. The van der Waals surface area contributed by atoms with Crippen LogP contribution in [0.5, 0.6) is 0 Å². The molecular weight excluding hydrogens is 266 g/mol. The molecule has 1 rings (SSSR count). The van der Waals surface area contributed by atoms with Crippen molar-refractivity contribution in [3.8, 4) is 0 Å². The summed E-state index contributed by atoms with van der Waals surface area (Å²) in [5.74, 6) is -0.916. The van der Waals surface area contributed by atoms with Crippen LogP contribution in [0, 0.1) is 0 Å². The van der Waals surface area contributed by atoms with Gasteiger partial charge in [0.1, 0.15) is 0 Å². The Morgan fingerprint density at radius 1 is 1.42 bits per heavy atom. The number of hydrogen-bond acceptors (Lipinski definition) is 4. The number of carbonyl (C=O) groups excluding carboxylic acids is 1. The second kappa shape index (κ2) is 8.66. The zero-order valence-corrected chi connectivity index (χ0v) is 11.8. The van der Waals surface area contributed by atoms with Gasteiger partial charge in [-0.2, -0.15) is 0 Å². The summed E-state index contributed by atoms with van der Waals surface area (Å²) in [6.07, 6.45) is 1.03. The topological polar surface area (TPSA) is 66.8 Å². The van der Waals surface area contributed by atoms with Crippen molar-refractivity contribution in [2.24, 2.45) is 0 Å². The summed E-state index contributed by atoms with van der Waals surface area (Å²) in [6.45, 7) is 1.35. The normalized spacial score (nSPS) is 10.4. The number of nitrogens with zero attached hydrogens (tertiary/aromatic N) is 1. The van der Waals surface area contributed by atoms with Crippen molar-refractivity contribution in [3.05, 3.63) is 22.4 Å². The summed E-state index contributed by atoms with van der Waals surface area (Å²) in [7, 11) is 1.61. The third-order valence-electron chi connectivity index (χ3n) is 2.63. The minimum atomic E-state index is -0.888. The molecule has 1 heterocycles. The van der Waals surface area contributed by atoms with E-state index in [1.807, 2.05) is 17.5 Å². The molecule has 6 heteroatoms. The van der Waals surface area contributed by atoms with Gasteiger partial charge in [-0.3, -0.25) is 9.59 Å². The lowest BCUT2D eigenvalue weighted by Gasteiger charge is -2.21. The largest absolute Gasteiger partial charge is 0.481 e. The molecule has 0 fully saturated rings. The first kappa shape index (κ1) is 15.7. The summed E-state index contributed by atoms with van der Waals surface area (Å²) >= 11 is 1.53. The molecule has 1 aromatic rings. The van der Waals surface area contributed by atoms with E-state index in [4.69, 9.17) is 9.84 Å². The zero-order valence-electron chi connectivity index (χ0n) is 11.0. The van der Waals surface area contributed by atoms with Crippen LogP contribution in [0.2, 0.25) is 0 Å². The van der Waals surface area contributed by atoms with Gasteiger partial charge in [0.2, 0.25) is 5.91 Å². The van der Waals surface area contributed by atoms with Crippen LogP contribution in [0.25, 0.3) is 0 Å². The third kappa shape index (κ3) is 6.35. The van der Waals surface area contributed by atoms with E-state index in [-0.39, 0.29) is 18.9 Å². The number of ether oxygens (including phenoxy) is 1. The molecule has 0 saturated carbocycles. The molecule has 0 radical (unpaired) electrons. The average molecular weight is 285 g/mol. The molecule has 0 unspecified atom stereocenters. The highest BCUT2D eigenvalue weighted by Gasteiger charge is 2.15. The number of aliphatic carboxylic acids is 1. The quantitative estimate of drug-likeness (QED) is 0.700. The van der Waals surface area contributed by atoms with E-state index in [0.29, 0.717) is 26.0 Å². The SMILES string of the molecule is COCCCN(CCC(=O)O)C(=O)Cc1cccs1. The summed E-state index contributed by atoms with van der Waals surface area (Å²) < 4.78 is 4.95. The minimum Gasteiger partial charge on any atom is -0.481 e. The summed E-state index contributed by atoms with van der Waals surface area (Å²) in [5.41, 5.74) is 0. The van der Waals surface area contributed by atoms with Crippen molar-refractivity contribution < 1.29 is 19.4 Å². The lowest BCUT2D eigenvalue weighted by atomic mass is 10.2. The maximum atomic E-state index is 12.1. The highest BCUT2D eigenvalue weighted by Crippen LogP contribution is 2.11. The lowest BCUT2D eigenvalue weighted by Crippen LogP contribution is -2.35. The van der Waals surface area contributed by atoms with E-state index in [9.17, 15) is 9.59 Å². The first-order valence-electron chi connectivity index (χ1n) is 6.14. The van der Waals surface area contributed by atoms with Gasteiger partial charge in [0.25, 0.3) is 0 Å². The molecule has 0 aliphatic carbocycles. The maximum Gasteiger partial charge on any atom is 0.305 e. The predicted octanol–water partition coefficient (Wildman–Crippen LogP) is 1.63. The van der Waals surface area contributed by atoms with Gasteiger partial charge >= 0.3 is 5.97 Å². The number of rotatable bonds is 9. The zero-order chi connectivity index (χ0) is 14.1. The summed E-state index contributed by atoms with van der Waals surface area (Å²) in [6, 6.07) is 3.81. The van der Waals surface area contributed by atoms with Crippen molar-refractivity contribution >= 4 is 23.2 Å². The Labute approximate surface area is 116 Å². The Morgan fingerprint density at radius 3 is 2.79 bits per heavy atom. The molecule has 0 saturated heterocycles. The van der Waals surface area contributed by atoms with Crippen molar-refractivity contribution in [3.63, 3.8) is 0 Å². The molecule has 1 amide bonds. The van der Waals surface area contributed by atoms with E-state index in [2.05, 4.69) is 0 Å². The molecule has 0 aliphatic rings. The highest BCUT2D eigenvalue weighted by atomic mass is 32.1. The first-order chi connectivity index (χ1) is 9.13. The van der Waals surface area contributed by atoms with Crippen LogP contribution in [-0.4, -0.2) is 48.7 Å². The molecule has 106 valence electrons. The van der Waals surface area contributed by atoms with E-state index in [1.54, 1.807) is 12.0 Å². The fourth-order valence-electron chi connectivity index (χ4n) is 1.67. The van der Waals surface area contributed by atoms with Gasteiger partial charge in [-0.25, -0.2) is 0 Å². The summed E-state index contributed by atoms with van der Waals surface area (Å²) in [5, 5.41) is 10.6. The minimum absolute atomic E-state index is 0.0246. The number of thiophene rings is 1. The Balaban J connectivity index is 2.49. The number of hydrogen-bond donors (Lipinski definition) is 1. The van der Waals surface area contributed by atoms with Crippen LogP contribution in [0.3, 0.4) is 0 Å². The standard InChI is InChI=1S/C13H19NO4S/c1-18-8-3-6-14(7-5-13(16)17)12(15)10-11-4-2-9-19-11/h2,4,9H,3,5-8,10H2,1H3,(H,16,17). The molecule has 0 atom stereocenters. The molecule has 19 heavy (non-hydrogen) atoms. The molecule has 0 bridgehead atoms. The van der Waals surface area contributed by atoms with Crippen molar-refractivity contribution in [2.75, 3.05) is 26.8 Å². The maximum absolute atomic E-state index is 12.1. The van der Waals surface area contributed by atoms with Crippen molar-refractivity contribution in [2.45, 2.75) is 19.3 Å². The van der Waals surface area contributed by atoms with Gasteiger partial charge in [-0.15, -0.1) is 11.3 Å². The van der Waals surface area contributed by atoms with Crippen molar-refractivity contribution in [1.82, 2.24) is 4.90 Å². The van der Waals surface area contributed by atoms with Gasteiger partial charge in [0.15, 0.2) is 0 Å². The van der Waals surface area contributed by atoms with Crippen LogP contribution < -0.4 is 0 Å². The number of amides is 1. The number of methoxy groups -OCH3 is 1. The Kier molecular flexibility index (Phi) is 7.14. The number of carbonyl (C=O) groups is 2. The molecule has 0 spiro atoms. The Morgan fingerprint density at radius 2 is 2.21 bits per heavy atom. The van der Waals surface area contributed by atoms with Gasteiger partial charge in [0, 0.05) is 31.7 Å². The summed E-state index contributed by atoms with van der Waals surface area (Å²) in [4.78, 5) is 25.3. The fourth-order valence-corrected chi connectivity index (χ4v) is 2.36. The van der Waals surface area contributed by atoms with Gasteiger partial charge in [-0.1, -0.05) is 6.07 Å². The van der Waals surface area contributed by atoms with Crippen LogP contribution in [0.4, 0.5) is 0 Å². The predicted molar refractivity (Wildman–Crippen MR) is 73.3 cm³/mol. The van der Waals surface area contributed by atoms with E-state index in [0.717, 1.165) is 4.88 Å². The third-order valence-corrected chi connectivity index (χ3v) is 3.51. The molecule has 0 aromatic carbocycles. The second-order valence-electron chi connectivity index (χ2n) is 4.13. The van der Waals surface area contributed by atoms with E-state index in [1.165, 1.54) is 11.3 Å². The van der Waals surface area contributed by atoms with E-state index < -0.39 is 5.97 Å². The molecule has 5 nitrogen and oxygen atoms in total. The van der Waals surface area contributed by atoms with Gasteiger partial charge in [-0.05, 0) is 17.9 Å². The molecular formula is C13H19NO4S. The van der Waals surface area contributed by atoms with Crippen LogP contribution in [-0.2, 0) is 20.7 Å². The second-order valence-corrected chi connectivity index (χ2v) is 5.16. The number of carboxylic acids is 1. The number of carboxylic acid groups (broad SMARTS) is 1. The molecule has 1 aromatic heterocycles. The molecule has 0 aliphatic heterocycles. The lowest BCUT2D eigenvalue weighted by molar-refractivity contribution is -0.138. The van der Waals surface area contributed by atoms with Crippen LogP contribution in [0.1, 0.15) is 17.7 Å². The Bertz CT molecular complexity index is 391. The highest BCUT2D eigenvalue weighted by molar-refractivity contribution is 7.10. The van der Waals surface area contributed by atoms with Gasteiger partial charge < -0.3 is 14.7 Å². The average Bonchev–Trinajstić information content (AvgIpc) is 2.85. The smallest absolute Gasteiger partial charge is 0.305 e. The van der Waals surface area contributed by atoms with Crippen LogP contribution >= 0.6 is 11.3 Å². The monoisotopic (exact) mass is 285 g/mol. The van der Waals surface area contributed by atoms with Gasteiger partial charge in [0.05, 0.1) is 12.8 Å². The Hall–Kier alpha value is -1.40. The fraction of sp³-hybridized carbons (Fsp3) is 0.538. The van der Waals surface area contributed by atoms with Crippen molar-refractivity contribution in [1.29, 1.82) is 0 Å².